The maximum absolute atomic E-state index is 12.5. The second-order valence-electron chi connectivity index (χ2n) is 6.11. The molecule has 1 saturated heterocycles. The predicted molar refractivity (Wildman–Crippen MR) is 99.7 cm³/mol. The molecule has 2 aromatic heterocycles. The number of amides is 2. The van der Waals surface area contributed by atoms with E-state index in [9.17, 15) is 9.59 Å². The Morgan fingerprint density at radius 1 is 1.19 bits per heavy atom. The predicted octanol–water partition coefficient (Wildman–Crippen LogP) is 2.31. The summed E-state index contributed by atoms with van der Waals surface area (Å²) in [5.41, 5.74) is 1.20. The minimum Gasteiger partial charge on any atom is -0.323 e. The van der Waals surface area contributed by atoms with E-state index in [0.29, 0.717) is 23.2 Å². The Kier molecular flexibility index (Phi) is 4.55. The molecule has 1 unspecified atom stereocenters. The van der Waals surface area contributed by atoms with E-state index in [1.54, 1.807) is 52.5 Å². The SMILES string of the molecule is O=C(Nc1cnc(-n2ccnc2)nc1)C1CC(=O)N(c2ccc(Cl)cc2)C1. The molecule has 9 heteroatoms. The van der Waals surface area contributed by atoms with Crippen LogP contribution in [0.4, 0.5) is 11.4 Å². The zero-order valence-electron chi connectivity index (χ0n) is 14.1. The molecule has 3 heterocycles. The molecular formula is C18H15ClN6O2. The van der Waals surface area contributed by atoms with Crippen molar-refractivity contribution in [3.8, 4) is 5.95 Å². The molecule has 1 aromatic carbocycles. The largest absolute Gasteiger partial charge is 0.323 e. The van der Waals surface area contributed by atoms with Gasteiger partial charge in [0, 0.05) is 36.1 Å². The van der Waals surface area contributed by atoms with Gasteiger partial charge in [-0.2, -0.15) is 0 Å². The van der Waals surface area contributed by atoms with Crippen LogP contribution in [-0.2, 0) is 9.59 Å². The van der Waals surface area contributed by atoms with Crippen molar-refractivity contribution in [2.45, 2.75) is 6.42 Å². The van der Waals surface area contributed by atoms with Gasteiger partial charge in [-0.1, -0.05) is 11.6 Å². The molecule has 1 aliphatic rings. The van der Waals surface area contributed by atoms with Crippen molar-refractivity contribution in [1.82, 2.24) is 19.5 Å². The Morgan fingerprint density at radius 3 is 2.59 bits per heavy atom. The van der Waals surface area contributed by atoms with Gasteiger partial charge in [-0.25, -0.2) is 15.0 Å². The normalized spacial score (nSPS) is 16.6. The number of aromatic nitrogens is 4. The molecule has 0 saturated carbocycles. The smallest absolute Gasteiger partial charge is 0.234 e. The lowest BCUT2D eigenvalue weighted by Gasteiger charge is -2.16. The lowest BCUT2D eigenvalue weighted by molar-refractivity contribution is -0.122. The van der Waals surface area contributed by atoms with Crippen LogP contribution in [0.1, 0.15) is 6.42 Å². The highest BCUT2D eigenvalue weighted by molar-refractivity contribution is 6.30. The van der Waals surface area contributed by atoms with Crippen LogP contribution in [0.15, 0.2) is 55.4 Å². The molecule has 27 heavy (non-hydrogen) atoms. The number of rotatable bonds is 4. The quantitative estimate of drug-likeness (QED) is 0.747. The third kappa shape index (κ3) is 3.65. The summed E-state index contributed by atoms with van der Waals surface area (Å²) in [6, 6.07) is 6.97. The summed E-state index contributed by atoms with van der Waals surface area (Å²) in [6.45, 7) is 0.320. The molecule has 0 bridgehead atoms. The van der Waals surface area contributed by atoms with Crippen LogP contribution in [0.25, 0.3) is 5.95 Å². The second kappa shape index (κ2) is 7.16. The number of carbonyl (C=O) groups excluding carboxylic acids is 2. The monoisotopic (exact) mass is 382 g/mol. The fourth-order valence-electron chi connectivity index (χ4n) is 2.89. The van der Waals surface area contributed by atoms with Crippen molar-refractivity contribution in [2.24, 2.45) is 5.92 Å². The standard InChI is InChI=1S/C18H15ClN6O2/c19-13-1-3-15(4-2-13)25-10-12(7-16(25)26)17(27)23-14-8-21-18(22-9-14)24-6-5-20-11-24/h1-6,8-9,11-12H,7,10H2,(H,23,27). The zero-order valence-corrected chi connectivity index (χ0v) is 14.9. The molecule has 1 aliphatic heterocycles. The Balaban J connectivity index is 1.41. The number of hydrogen-bond acceptors (Lipinski definition) is 5. The van der Waals surface area contributed by atoms with Crippen molar-refractivity contribution in [3.63, 3.8) is 0 Å². The first-order chi connectivity index (χ1) is 13.1. The lowest BCUT2D eigenvalue weighted by atomic mass is 10.1. The van der Waals surface area contributed by atoms with Crippen molar-refractivity contribution >= 4 is 34.8 Å². The summed E-state index contributed by atoms with van der Waals surface area (Å²) in [5.74, 6) is -0.320. The Labute approximate surface area is 159 Å². The molecule has 136 valence electrons. The van der Waals surface area contributed by atoms with E-state index in [-0.39, 0.29) is 18.2 Å². The number of nitrogens with one attached hydrogen (secondary N) is 1. The topological polar surface area (TPSA) is 93.0 Å². The number of anilines is 2. The number of imidazole rings is 1. The molecule has 2 amide bonds. The average molecular weight is 383 g/mol. The second-order valence-corrected chi connectivity index (χ2v) is 6.55. The maximum atomic E-state index is 12.5. The number of hydrogen-bond donors (Lipinski definition) is 1. The van der Waals surface area contributed by atoms with E-state index in [0.717, 1.165) is 5.69 Å². The Hall–Kier alpha value is -3.26. The minimum absolute atomic E-state index is 0.0934. The number of halogens is 1. The van der Waals surface area contributed by atoms with E-state index in [2.05, 4.69) is 20.3 Å². The molecule has 0 spiro atoms. The highest BCUT2D eigenvalue weighted by Gasteiger charge is 2.35. The zero-order chi connectivity index (χ0) is 18.8. The van der Waals surface area contributed by atoms with Crippen molar-refractivity contribution < 1.29 is 9.59 Å². The summed E-state index contributed by atoms with van der Waals surface area (Å²) in [6.07, 6.45) is 8.14. The van der Waals surface area contributed by atoms with Crippen molar-refractivity contribution in [1.29, 1.82) is 0 Å². The fourth-order valence-corrected chi connectivity index (χ4v) is 3.02. The molecule has 4 rings (SSSR count). The fraction of sp³-hybridized carbons (Fsp3) is 0.167. The van der Waals surface area contributed by atoms with Crippen LogP contribution >= 0.6 is 11.6 Å². The van der Waals surface area contributed by atoms with Gasteiger partial charge in [0.2, 0.25) is 17.8 Å². The van der Waals surface area contributed by atoms with Gasteiger partial charge in [-0.3, -0.25) is 14.2 Å². The first-order valence-corrected chi connectivity index (χ1v) is 8.65. The van der Waals surface area contributed by atoms with Gasteiger partial charge in [0.1, 0.15) is 6.33 Å². The molecule has 1 atom stereocenters. The Bertz CT molecular complexity index is 957. The Morgan fingerprint density at radius 2 is 1.93 bits per heavy atom. The molecular weight excluding hydrogens is 368 g/mol. The summed E-state index contributed by atoms with van der Waals surface area (Å²) in [5, 5.41) is 3.37. The lowest BCUT2D eigenvalue weighted by Crippen LogP contribution is -2.28. The van der Waals surface area contributed by atoms with Crippen molar-refractivity contribution in [2.75, 3.05) is 16.8 Å². The first-order valence-electron chi connectivity index (χ1n) is 8.27. The maximum Gasteiger partial charge on any atom is 0.234 e. The molecule has 1 N–H and O–H groups in total. The molecule has 1 fully saturated rings. The van der Waals surface area contributed by atoms with E-state index >= 15 is 0 Å². The van der Waals surface area contributed by atoms with E-state index < -0.39 is 5.92 Å². The third-order valence-electron chi connectivity index (χ3n) is 4.28. The van der Waals surface area contributed by atoms with Crippen LogP contribution < -0.4 is 10.2 Å². The van der Waals surface area contributed by atoms with Crippen LogP contribution in [0.3, 0.4) is 0 Å². The van der Waals surface area contributed by atoms with Gasteiger partial charge in [0.05, 0.1) is 24.0 Å². The van der Waals surface area contributed by atoms with E-state index in [1.165, 1.54) is 12.4 Å². The molecule has 8 nitrogen and oxygen atoms in total. The van der Waals surface area contributed by atoms with Crippen LogP contribution in [0, 0.1) is 5.92 Å². The summed E-state index contributed by atoms with van der Waals surface area (Å²) in [4.78, 5) is 38.7. The highest BCUT2D eigenvalue weighted by atomic mass is 35.5. The van der Waals surface area contributed by atoms with Gasteiger partial charge < -0.3 is 10.2 Å². The van der Waals surface area contributed by atoms with Crippen LogP contribution in [0.2, 0.25) is 5.02 Å². The van der Waals surface area contributed by atoms with Gasteiger partial charge in [-0.05, 0) is 24.3 Å². The number of nitrogens with zero attached hydrogens (tertiary/aromatic N) is 5. The first kappa shape index (κ1) is 17.2. The third-order valence-corrected chi connectivity index (χ3v) is 4.53. The van der Waals surface area contributed by atoms with Gasteiger partial charge in [0.25, 0.3) is 0 Å². The average Bonchev–Trinajstić information content (AvgIpc) is 3.33. The van der Waals surface area contributed by atoms with Crippen LogP contribution in [-0.4, -0.2) is 37.9 Å². The summed E-state index contributed by atoms with van der Waals surface area (Å²) >= 11 is 5.88. The number of carbonyl (C=O) groups is 2. The molecule has 0 aliphatic carbocycles. The number of benzene rings is 1. The van der Waals surface area contributed by atoms with E-state index in [4.69, 9.17) is 11.6 Å². The van der Waals surface area contributed by atoms with Crippen LogP contribution in [0.5, 0.6) is 0 Å². The molecule has 0 radical (unpaired) electrons. The molecule has 3 aromatic rings. The summed E-state index contributed by atoms with van der Waals surface area (Å²) in [7, 11) is 0. The van der Waals surface area contributed by atoms with Gasteiger partial charge in [0.15, 0.2) is 0 Å². The van der Waals surface area contributed by atoms with Gasteiger partial charge in [-0.15, -0.1) is 0 Å². The summed E-state index contributed by atoms with van der Waals surface area (Å²) < 4.78 is 1.66. The minimum atomic E-state index is -0.443. The van der Waals surface area contributed by atoms with E-state index in [1.807, 2.05) is 0 Å². The van der Waals surface area contributed by atoms with Gasteiger partial charge >= 0.3 is 0 Å². The van der Waals surface area contributed by atoms with Crippen molar-refractivity contribution in [3.05, 3.63) is 60.4 Å². The highest BCUT2D eigenvalue weighted by Crippen LogP contribution is 2.27.